The Labute approximate surface area is 113 Å². The fourth-order valence-electron chi connectivity index (χ4n) is 2.11. The van der Waals surface area contributed by atoms with E-state index in [0.29, 0.717) is 17.3 Å². The standard InChI is InChI=1S/C14H22N4O/c1-9(18(2)11-4-5-11)8-17-13-7-10(14(16)19)3-6-12(13)15/h3,6-7,9,11,17H,4-5,8,15H2,1-2H3,(H2,16,19). The van der Waals surface area contributed by atoms with Crippen molar-refractivity contribution in [2.75, 3.05) is 24.6 Å². The molecule has 1 amide bonds. The van der Waals surface area contributed by atoms with Crippen LogP contribution in [-0.4, -0.2) is 36.5 Å². The number of rotatable bonds is 6. The van der Waals surface area contributed by atoms with Crippen molar-refractivity contribution >= 4 is 17.3 Å². The highest BCUT2D eigenvalue weighted by Gasteiger charge is 2.28. The number of carbonyl (C=O) groups is 1. The van der Waals surface area contributed by atoms with Gasteiger partial charge in [-0.1, -0.05) is 0 Å². The van der Waals surface area contributed by atoms with Crippen molar-refractivity contribution in [1.29, 1.82) is 0 Å². The van der Waals surface area contributed by atoms with Crippen molar-refractivity contribution in [1.82, 2.24) is 4.90 Å². The molecule has 19 heavy (non-hydrogen) atoms. The molecule has 1 saturated carbocycles. The number of nitrogens with two attached hydrogens (primary N) is 2. The van der Waals surface area contributed by atoms with Gasteiger partial charge in [0.1, 0.15) is 0 Å². The van der Waals surface area contributed by atoms with Crippen molar-refractivity contribution < 1.29 is 4.79 Å². The molecule has 5 nitrogen and oxygen atoms in total. The second kappa shape index (κ2) is 5.48. The Balaban J connectivity index is 1.98. The van der Waals surface area contributed by atoms with Crippen LogP contribution in [-0.2, 0) is 0 Å². The zero-order valence-corrected chi connectivity index (χ0v) is 11.5. The number of hydrogen-bond donors (Lipinski definition) is 3. The summed E-state index contributed by atoms with van der Waals surface area (Å²) >= 11 is 0. The topological polar surface area (TPSA) is 84.4 Å². The summed E-state index contributed by atoms with van der Waals surface area (Å²) in [5.41, 5.74) is 13.0. The number of benzene rings is 1. The fourth-order valence-corrected chi connectivity index (χ4v) is 2.11. The van der Waals surface area contributed by atoms with E-state index in [1.165, 1.54) is 12.8 Å². The summed E-state index contributed by atoms with van der Waals surface area (Å²) < 4.78 is 0. The first kappa shape index (κ1) is 13.7. The van der Waals surface area contributed by atoms with E-state index in [2.05, 4.69) is 24.2 Å². The Morgan fingerprint density at radius 2 is 2.21 bits per heavy atom. The molecule has 5 N–H and O–H groups in total. The van der Waals surface area contributed by atoms with Crippen LogP contribution < -0.4 is 16.8 Å². The van der Waals surface area contributed by atoms with Gasteiger partial charge in [0.2, 0.25) is 5.91 Å². The largest absolute Gasteiger partial charge is 0.397 e. The predicted molar refractivity (Wildman–Crippen MR) is 78.1 cm³/mol. The highest BCUT2D eigenvalue weighted by Crippen LogP contribution is 2.27. The fraction of sp³-hybridized carbons (Fsp3) is 0.500. The third-order valence-electron chi connectivity index (χ3n) is 3.74. The van der Waals surface area contributed by atoms with Crippen LogP contribution in [0.1, 0.15) is 30.1 Å². The van der Waals surface area contributed by atoms with E-state index in [1.54, 1.807) is 18.2 Å². The molecule has 0 heterocycles. The van der Waals surface area contributed by atoms with Crippen molar-refractivity contribution in [2.24, 2.45) is 5.73 Å². The molecule has 0 aliphatic heterocycles. The summed E-state index contributed by atoms with van der Waals surface area (Å²) in [4.78, 5) is 13.5. The lowest BCUT2D eigenvalue weighted by molar-refractivity contribution is 0.100. The van der Waals surface area contributed by atoms with Crippen LogP contribution in [0.3, 0.4) is 0 Å². The van der Waals surface area contributed by atoms with Crippen LogP contribution in [0.5, 0.6) is 0 Å². The molecule has 1 aromatic carbocycles. The Morgan fingerprint density at radius 1 is 1.53 bits per heavy atom. The van der Waals surface area contributed by atoms with Gasteiger partial charge in [0, 0.05) is 24.2 Å². The van der Waals surface area contributed by atoms with Crippen molar-refractivity contribution in [2.45, 2.75) is 31.8 Å². The molecule has 0 saturated heterocycles. The van der Waals surface area contributed by atoms with Gasteiger partial charge in [-0.3, -0.25) is 9.69 Å². The molecule has 2 rings (SSSR count). The monoisotopic (exact) mass is 262 g/mol. The number of amides is 1. The predicted octanol–water partition coefficient (Wildman–Crippen LogP) is 1.26. The maximum absolute atomic E-state index is 11.2. The van der Waals surface area contributed by atoms with Crippen molar-refractivity contribution in [3.05, 3.63) is 23.8 Å². The minimum atomic E-state index is -0.439. The normalized spacial score (nSPS) is 16.4. The summed E-state index contributed by atoms with van der Waals surface area (Å²) in [6.07, 6.45) is 2.58. The maximum atomic E-state index is 11.2. The van der Waals surface area contributed by atoms with E-state index in [4.69, 9.17) is 11.5 Å². The average molecular weight is 262 g/mol. The Hall–Kier alpha value is -1.75. The van der Waals surface area contributed by atoms with E-state index in [-0.39, 0.29) is 0 Å². The SMILES string of the molecule is CC(CNc1cc(C(N)=O)ccc1N)N(C)C1CC1. The zero-order chi connectivity index (χ0) is 14.0. The van der Waals surface area contributed by atoms with E-state index in [0.717, 1.165) is 18.3 Å². The number of nitrogens with one attached hydrogen (secondary N) is 1. The van der Waals surface area contributed by atoms with Crippen molar-refractivity contribution in [3.63, 3.8) is 0 Å². The Bertz CT molecular complexity index is 471. The Morgan fingerprint density at radius 3 is 2.79 bits per heavy atom. The second-order valence-corrected chi connectivity index (χ2v) is 5.29. The first-order valence-electron chi connectivity index (χ1n) is 6.64. The number of hydrogen-bond acceptors (Lipinski definition) is 4. The minimum absolute atomic E-state index is 0.420. The van der Waals surface area contributed by atoms with Gasteiger partial charge in [-0.25, -0.2) is 0 Å². The summed E-state index contributed by atoms with van der Waals surface area (Å²) in [6.45, 7) is 2.97. The lowest BCUT2D eigenvalue weighted by Crippen LogP contribution is -2.36. The van der Waals surface area contributed by atoms with Crippen LogP contribution in [0.25, 0.3) is 0 Å². The van der Waals surface area contributed by atoms with Crippen LogP contribution in [0, 0.1) is 0 Å². The summed E-state index contributed by atoms with van der Waals surface area (Å²) in [5.74, 6) is -0.439. The number of carbonyl (C=O) groups excluding carboxylic acids is 1. The van der Waals surface area contributed by atoms with Crippen LogP contribution in [0.4, 0.5) is 11.4 Å². The van der Waals surface area contributed by atoms with E-state index in [9.17, 15) is 4.79 Å². The molecule has 0 aromatic heterocycles. The molecule has 5 heteroatoms. The highest BCUT2D eigenvalue weighted by atomic mass is 16.1. The number of primary amides is 1. The molecule has 0 radical (unpaired) electrons. The zero-order valence-electron chi connectivity index (χ0n) is 11.5. The maximum Gasteiger partial charge on any atom is 0.248 e. The summed E-state index contributed by atoms with van der Waals surface area (Å²) in [7, 11) is 2.15. The molecule has 0 spiro atoms. The smallest absolute Gasteiger partial charge is 0.248 e. The van der Waals surface area contributed by atoms with Crippen LogP contribution >= 0.6 is 0 Å². The average Bonchev–Trinajstić information content (AvgIpc) is 3.20. The first-order chi connectivity index (χ1) is 8.99. The molecule has 0 bridgehead atoms. The number of anilines is 2. The highest BCUT2D eigenvalue weighted by molar-refractivity contribution is 5.94. The number of likely N-dealkylation sites (N-methyl/N-ethyl adjacent to an activating group) is 1. The van der Waals surface area contributed by atoms with Crippen LogP contribution in [0.15, 0.2) is 18.2 Å². The quantitative estimate of drug-likeness (QED) is 0.674. The molecule has 1 fully saturated rings. The molecule has 1 aliphatic carbocycles. The molecule has 1 atom stereocenters. The number of nitrogens with zero attached hydrogens (tertiary/aromatic N) is 1. The van der Waals surface area contributed by atoms with Crippen molar-refractivity contribution in [3.8, 4) is 0 Å². The lowest BCUT2D eigenvalue weighted by atomic mass is 10.1. The Kier molecular flexibility index (Phi) is 3.95. The van der Waals surface area contributed by atoms with Gasteiger partial charge < -0.3 is 16.8 Å². The summed E-state index contributed by atoms with van der Waals surface area (Å²) in [5, 5.41) is 3.30. The van der Waals surface area contributed by atoms with E-state index in [1.807, 2.05) is 0 Å². The molecule has 104 valence electrons. The van der Waals surface area contributed by atoms with Crippen LogP contribution in [0.2, 0.25) is 0 Å². The van der Waals surface area contributed by atoms with Gasteiger partial charge in [-0.2, -0.15) is 0 Å². The molecule has 1 aliphatic rings. The van der Waals surface area contributed by atoms with E-state index >= 15 is 0 Å². The molecule has 1 aromatic rings. The van der Waals surface area contributed by atoms with Gasteiger partial charge in [-0.05, 0) is 45.0 Å². The van der Waals surface area contributed by atoms with Gasteiger partial charge in [0.25, 0.3) is 0 Å². The number of nitrogen functional groups attached to an aromatic ring is 1. The third kappa shape index (κ3) is 3.38. The van der Waals surface area contributed by atoms with Gasteiger partial charge in [0.15, 0.2) is 0 Å². The third-order valence-corrected chi connectivity index (χ3v) is 3.74. The summed E-state index contributed by atoms with van der Waals surface area (Å²) in [6, 6.07) is 6.21. The molecular weight excluding hydrogens is 240 g/mol. The molecule has 1 unspecified atom stereocenters. The minimum Gasteiger partial charge on any atom is -0.397 e. The second-order valence-electron chi connectivity index (χ2n) is 5.29. The van der Waals surface area contributed by atoms with E-state index < -0.39 is 5.91 Å². The first-order valence-corrected chi connectivity index (χ1v) is 6.64. The van der Waals surface area contributed by atoms with Gasteiger partial charge in [0.05, 0.1) is 11.4 Å². The van der Waals surface area contributed by atoms with Gasteiger partial charge in [-0.15, -0.1) is 0 Å². The lowest BCUT2D eigenvalue weighted by Gasteiger charge is -2.25. The van der Waals surface area contributed by atoms with Gasteiger partial charge >= 0.3 is 0 Å². The molecular formula is C14H22N4O.